The zero-order valence-electron chi connectivity index (χ0n) is 15.2. The predicted molar refractivity (Wildman–Crippen MR) is 101 cm³/mol. The predicted octanol–water partition coefficient (Wildman–Crippen LogP) is 2.18. The second kappa shape index (κ2) is 6.03. The molecule has 1 saturated carbocycles. The summed E-state index contributed by atoms with van der Waals surface area (Å²) in [6, 6.07) is -0.148. The SMILES string of the molecule is Nc1c(F)c(N2CCc3[nH]ncc3C2)c(F)c2c1c(=O)c(C(=O)O)cn2C1CC1. The minimum Gasteiger partial charge on any atom is -0.477 e. The highest BCUT2D eigenvalue weighted by Crippen LogP contribution is 2.42. The van der Waals surface area contributed by atoms with Crippen LogP contribution in [0.5, 0.6) is 0 Å². The maximum absolute atomic E-state index is 15.7. The van der Waals surface area contributed by atoms with Gasteiger partial charge in [-0.1, -0.05) is 0 Å². The molecule has 1 aliphatic carbocycles. The summed E-state index contributed by atoms with van der Waals surface area (Å²) in [6.07, 6.45) is 4.70. The number of carbonyl (C=O) groups is 1. The number of pyridine rings is 1. The summed E-state index contributed by atoms with van der Waals surface area (Å²) < 4.78 is 32.3. The molecule has 29 heavy (non-hydrogen) atoms. The van der Waals surface area contributed by atoms with Crippen molar-refractivity contribution < 1.29 is 18.7 Å². The molecule has 0 radical (unpaired) electrons. The number of carboxylic acids is 1. The van der Waals surface area contributed by atoms with E-state index in [2.05, 4.69) is 10.2 Å². The Balaban J connectivity index is 1.80. The molecule has 1 aromatic carbocycles. The number of aromatic carboxylic acids is 1. The van der Waals surface area contributed by atoms with Gasteiger partial charge in [-0.25, -0.2) is 13.6 Å². The van der Waals surface area contributed by atoms with Crippen molar-refractivity contribution in [2.45, 2.75) is 31.8 Å². The number of aromatic nitrogens is 3. The molecule has 8 nitrogen and oxygen atoms in total. The maximum atomic E-state index is 15.7. The van der Waals surface area contributed by atoms with Gasteiger partial charge in [0.1, 0.15) is 11.3 Å². The van der Waals surface area contributed by atoms with Crippen LogP contribution in [0.3, 0.4) is 0 Å². The molecule has 10 heteroatoms. The third-order valence-electron chi connectivity index (χ3n) is 5.65. The van der Waals surface area contributed by atoms with Crippen molar-refractivity contribution in [2.75, 3.05) is 17.2 Å². The van der Waals surface area contributed by atoms with Crippen LogP contribution in [0.25, 0.3) is 10.9 Å². The van der Waals surface area contributed by atoms with Crippen LogP contribution < -0.4 is 16.1 Å². The van der Waals surface area contributed by atoms with Crippen LogP contribution in [-0.2, 0) is 13.0 Å². The van der Waals surface area contributed by atoms with Crippen LogP contribution >= 0.6 is 0 Å². The fraction of sp³-hybridized carbons (Fsp3) is 0.316. The highest BCUT2D eigenvalue weighted by atomic mass is 19.1. The number of halogens is 2. The topological polar surface area (TPSA) is 117 Å². The van der Waals surface area contributed by atoms with Crippen molar-refractivity contribution >= 4 is 28.2 Å². The van der Waals surface area contributed by atoms with E-state index in [1.165, 1.54) is 9.47 Å². The van der Waals surface area contributed by atoms with Crippen LogP contribution in [0.2, 0.25) is 0 Å². The lowest BCUT2D eigenvalue weighted by atomic mass is 10.0. The Morgan fingerprint density at radius 1 is 1.31 bits per heavy atom. The first-order chi connectivity index (χ1) is 13.9. The van der Waals surface area contributed by atoms with Crippen LogP contribution in [0, 0.1) is 11.6 Å². The van der Waals surface area contributed by atoms with E-state index in [1.54, 1.807) is 6.20 Å². The van der Waals surface area contributed by atoms with Gasteiger partial charge in [0, 0.05) is 43.0 Å². The minimum atomic E-state index is -1.46. The lowest BCUT2D eigenvalue weighted by Crippen LogP contribution is -2.32. The Morgan fingerprint density at radius 2 is 2.07 bits per heavy atom. The van der Waals surface area contributed by atoms with Crippen molar-refractivity contribution in [1.82, 2.24) is 14.8 Å². The fourth-order valence-corrected chi connectivity index (χ4v) is 4.04. The van der Waals surface area contributed by atoms with Crippen LogP contribution in [0.4, 0.5) is 20.2 Å². The zero-order chi connectivity index (χ0) is 20.4. The Hall–Kier alpha value is -3.43. The van der Waals surface area contributed by atoms with Crippen LogP contribution in [-0.4, -0.2) is 32.4 Å². The van der Waals surface area contributed by atoms with Crippen molar-refractivity contribution in [1.29, 1.82) is 0 Å². The monoisotopic (exact) mass is 401 g/mol. The third-order valence-corrected chi connectivity index (χ3v) is 5.65. The fourth-order valence-electron chi connectivity index (χ4n) is 4.04. The van der Waals surface area contributed by atoms with Gasteiger partial charge < -0.3 is 20.3 Å². The van der Waals surface area contributed by atoms with Gasteiger partial charge in [-0.05, 0) is 12.8 Å². The number of nitrogens with zero attached hydrogens (tertiary/aromatic N) is 3. The molecule has 3 aromatic rings. The number of aromatic amines is 1. The number of hydrogen-bond donors (Lipinski definition) is 3. The van der Waals surface area contributed by atoms with E-state index in [4.69, 9.17) is 5.73 Å². The van der Waals surface area contributed by atoms with E-state index < -0.39 is 39.7 Å². The van der Waals surface area contributed by atoms with Gasteiger partial charge in [0.05, 0.1) is 22.8 Å². The lowest BCUT2D eigenvalue weighted by molar-refractivity contribution is 0.0695. The molecule has 3 heterocycles. The molecule has 0 atom stereocenters. The van der Waals surface area contributed by atoms with Crippen molar-refractivity contribution in [3.05, 3.63) is 51.1 Å². The molecule has 2 aromatic heterocycles. The number of nitrogens with two attached hydrogens (primary N) is 1. The lowest BCUT2D eigenvalue weighted by Gasteiger charge is -2.30. The smallest absolute Gasteiger partial charge is 0.341 e. The first-order valence-corrected chi connectivity index (χ1v) is 9.23. The van der Waals surface area contributed by atoms with Gasteiger partial charge in [-0.3, -0.25) is 9.89 Å². The van der Waals surface area contributed by atoms with E-state index in [0.29, 0.717) is 25.8 Å². The van der Waals surface area contributed by atoms with E-state index in [0.717, 1.165) is 17.5 Å². The van der Waals surface area contributed by atoms with Gasteiger partial charge in [0.15, 0.2) is 11.6 Å². The Bertz CT molecular complexity index is 1250. The quantitative estimate of drug-likeness (QED) is 0.579. The molecular formula is C19H17F2N5O3. The molecule has 0 bridgehead atoms. The number of nitrogens with one attached hydrogen (secondary N) is 1. The molecule has 1 fully saturated rings. The molecule has 0 unspecified atom stereocenters. The van der Waals surface area contributed by atoms with E-state index in [1.807, 2.05) is 0 Å². The summed E-state index contributed by atoms with van der Waals surface area (Å²) in [4.78, 5) is 25.7. The Labute approximate surface area is 162 Å². The minimum absolute atomic E-state index is 0.144. The standard InChI is InChI=1S/C19H17F2N5O3/c20-13-15(22)12-16(26(9-1-2-9)7-10(18(12)27)19(28)29)14(21)17(13)25-4-3-11-8(6-25)5-23-24-11/h5,7,9H,1-4,6,22H2,(H,23,24)(H,28,29). The molecule has 0 spiro atoms. The number of anilines is 2. The van der Waals surface area contributed by atoms with E-state index in [9.17, 15) is 14.7 Å². The van der Waals surface area contributed by atoms with Crippen LogP contribution in [0.15, 0.2) is 17.2 Å². The summed E-state index contributed by atoms with van der Waals surface area (Å²) in [6.45, 7) is 0.584. The summed E-state index contributed by atoms with van der Waals surface area (Å²) in [5.74, 6) is -3.41. The molecule has 150 valence electrons. The third kappa shape index (κ3) is 2.51. The van der Waals surface area contributed by atoms with Crippen LogP contribution in [0.1, 0.15) is 40.5 Å². The van der Waals surface area contributed by atoms with Gasteiger partial charge >= 0.3 is 5.97 Å². The normalized spacial score (nSPS) is 16.3. The average Bonchev–Trinajstić information content (AvgIpc) is 3.42. The largest absolute Gasteiger partial charge is 0.477 e. The Morgan fingerprint density at radius 3 is 2.76 bits per heavy atom. The Kier molecular flexibility index (Phi) is 3.67. The van der Waals surface area contributed by atoms with Crippen molar-refractivity contribution in [3.8, 4) is 0 Å². The zero-order valence-corrected chi connectivity index (χ0v) is 15.2. The second-order valence-corrected chi connectivity index (χ2v) is 7.47. The van der Waals surface area contributed by atoms with Crippen molar-refractivity contribution in [2.24, 2.45) is 0 Å². The summed E-state index contributed by atoms with van der Waals surface area (Å²) >= 11 is 0. The first kappa shape index (κ1) is 17.7. The highest BCUT2D eigenvalue weighted by Gasteiger charge is 2.33. The number of carboxylic acid groups (broad SMARTS) is 1. The van der Waals surface area contributed by atoms with Crippen molar-refractivity contribution in [3.63, 3.8) is 0 Å². The molecule has 4 N–H and O–H groups in total. The highest BCUT2D eigenvalue weighted by molar-refractivity contribution is 5.99. The first-order valence-electron chi connectivity index (χ1n) is 9.23. The van der Waals surface area contributed by atoms with Gasteiger partial charge in [-0.15, -0.1) is 0 Å². The van der Waals surface area contributed by atoms with Gasteiger partial charge in [-0.2, -0.15) is 5.10 Å². The molecule has 0 amide bonds. The maximum Gasteiger partial charge on any atom is 0.341 e. The number of hydrogen-bond acceptors (Lipinski definition) is 5. The number of fused-ring (bicyclic) bond motifs is 2. The summed E-state index contributed by atoms with van der Waals surface area (Å²) in [5, 5.41) is 15.8. The molecule has 0 saturated heterocycles. The number of H-pyrrole nitrogens is 1. The molecule has 2 aliphatic rings. The summed E-state index contributed by atoms with van der Waals surface area (Å²) in [7, 11) is 0. The van der Waals surface area contributed by atoms with E-state index in [-0.39, 0.29) is 23.8 Å². The number of nitrogen functional groups attached to an aromatic ring is 1. The molecular weight excluding hydrogens is 384 g/mol. The molecule has 1 aliphatic heterocycles. The second-order valence-electron chi connectivity index (χ2n) is 7.47. The van der Waals surface area contributed by atoms with Gasteiger partial charge in [0.25, 0.3) is 0 Å². The van der Waals surface area contributed by atoms with Gasteiger partial charge in [0.2, 0.25) is 5.43 Å². The average molecular weight is 401 g/mol. The van der Waals surface area contributed by atoms with E-state index >= 15 is 8.78 Å². The molecule has 5 rings (SSSR count). The summed E-state index contributed by atoms with van der Waals surface area (Å²) in [5.41, 5.74) is 5.16. The number of rotatable bonds is 3. The number of benzene rings is 1.